The summed E-state index contributed by atoms with van der Waals surface area (Å²) in [5, 5.41) is 20.2. The lowest BCUT2D eigenvalue weighted by atomic mass is 9.77. The van der Waals surface area contributed by atoms with Crippen molar-refractivity contribution in [2.24, 2.45) is 5.41 Å². The minimum atomic E-state index is -0.681. The number of benzene rings is 1. The fourth-order valence-corrected chi connectivity index (χ4v) is 3.04. The molecule has 1 aliphatic rings. The van der Waals surface area contributed by atoms with Crippen molar-refractivity contribution in [1.29, 1.82) is 5.26 Å². The Morgan fingerprint density at radius 3 is 2.75 bits per heavy atom. The Labute approximate surface area is 138 Å². The van der Waals surface area contributed by atoms with Gasteiger partial charge in [-0.05, 0) is 35.6 Å². The first kappa shape index (κ1) is 15.7. The Kier molecular flexibility index (Phi) is 3.57. The number of rotatable bonds is 2. The van der Waals surface area contributed by atoms with Crippen molar-refractivity contribution < 1.29 is 4.92 Å². The van der Waals surface area contributed by atoms with E-state index in [9.17, 15) is 14.9 Å². The zero-order chi connectivity index (χ0) is 17.5. The summed E-state index contributed by atoms with van der Waals surface area (Å²) in [5.74, 6) is 0. The molecule has 6 nitrogen and oxygen atoms in total. The molecular formula is C18H15N3O3. The first-order valence-corrected chi connectivity index (χ1v) is 7.45. The van der Waals surface area contributed by atoms with Crippen LogP contribution in [0.15, 0.2) is 47.4 Å². The number of hydrogen-bond acceptors (Lipinski definition) is 4. The smallest absolute Gasteiger partial charge is 0.278 e. The highest BCUT2D eigenvalue weighted by Gasteiger charge is 2.28. The number of nitro groups is 1. The van der Waals surface area contributed by atoms with Crippen LogP contribution in [0.4, 0.5) is 5.69 Å². The van der Waals surface area contributed by atoms with Crippen LogP contribution in [0.2, 0.25) is 0 Å². The molecule has 1 aromatic carbocycles. The first-order valence-electron chi connectivity index (χ1n) is 7.45. The number of hydrogen-bond donors (Lipinski definition) is 0. The maximum Gasteiger partial charge on any atom is 0.334 e. The van der Waals surface area contributed by atoms with Crippen molar-refractivity contribution in [3.8, 4) is 6.07 Å². The molecule has 0 unspecified atom stereocenters. The number of aromatic nitrogens is 1. The van der Waals surface area contributed by atoms with Gasteiger partial charge in [-0.3, -0.25) is 19.5 Å². The minimum Gasteiger partial charge on any atom is -0.278 e. The van der Waals surface area contributed by atoms with Gasteiger partial charge in [0.25, 0.3) is 0 Å². The van der Waals surface area contributed by atoms with Gasteiger partial charge in [-0.2, -0.15) is 5.26 Å². The second kappa shape index (κ2) is 5.46. The average molecular weight is 321 g/mol. The van der Waals surface area contributed by atoms with E-state index < -0.39 is 16.2 Å². The second-order valence-corrected chi connectivity index (χ2v) is 6.50. The monoisotopic (exact) mass is 321 g/mol. The lowest BCUT2D eigenvalue weighted by molar-refractivity contribution is -0.386. The maximum atomic E-state index is 12.5. The number of fused-ring (bicyclic) bond motifs is 1. The molecular weight excluding hydrogens is 306 g/mol. The lowest BCUT2D eigenvalue weighted by Gasteiger charge is -2.30. The third kappa shape index (κ3) is 2.61. The van der Waals surface area contributed by atoms with E-state index in [0.29, 0.717) is 11.3 Å². The van der Waals surface area contributed by atoms with Crippen molar-refractivity contribution in [3.63, 3.8) is 0 Å². The summed E-state index contributed by atoms with van der Waals surface area (Å²) in [4.78, 5) is 22.9. The third-order valence-corrected chi connectivity index (χ3v) is 4.07. The summed E-state index contributed by atoms with van der Waals surface area (Å²) in [7, 11) is 0. The zero-order valence-electron chi connectivity index (χ0n) is 13.3. The molecule has 0 saturated heterocycles. The highest BCUT2D eigenvalue weighted by Crippen LogP contribution is 2.37. The lowest BCUT2D eigenvalue weighted by Crippen LogP contribution is -2.27. The van der Waals surface area contributed by atoms with Crippen LogP contribution in [0.5, 0.6) is 0 Å². The summed E-state index contributed by atoms with van der Waals surface area (Å²) in [6, 6.07) is 10.1. The fourth-order valence-electron chi connectivity index (χ4n) is 3.04. The molecule has 0 radical (unpaired) electrons. The molecule has 0 amide bonds. The van der Waals surface area contributed by atoms with E-state index in [-0.39, 0.29) is 5.41 Å². The predicted octanol–water partition coefficient (Wildman–Crippen LogP) is 3.10. The molecule has 0 saturated carbocycles. The molecule has 0 fully saturated rings. The topological polar surface area (TPSA) is 88.9 Å². The van der Waals surface area contributed by atoms with Gasteiger partial charge in [-0.1, -0.05) is 26.0 Å². The van der Waals surface area contributed by atoms with Crippen molar-refractivity contribution in [1.82, 2.24) is 4.57 Å². The summed E-state index contributed by atoms with van der Waals surface area (Å²) in [6.07, 6.45) is 4.22. The minimum absolute atomic E-state index is 0.208. The van der Waals surface area contributed by atoms with E-state index in [1.165, 1.54) is 22.9 Å². The first-order chi connectivity index (χ1) is 11.3. The molecule has 0 aliphatic heterocycles. The van der Waals surface area contributed by atoms with Gasteiger partial charge < -0.3 is 0 Å². The van der Waals surface area contributed by atoms with Crippen molar-refractivity contribution >= 4 is 11.4 Å². The predicted molar refractivity (Wildman–Crippen MR) is 89.4 cm³/mol. The van der Waals surface area contributed by atoms with Gasteiger partial charge in [0, 0.05) is 17.8 Å². The van der Waals surface area contributed by atoms with E-state index in [0.717, 1.165) is 17.5 Å². The molecule has 1 aromatic heterocycles. The number of nitrogens with zero attached hydrogens (tertiary/aromatic N) is 3. The molecule has 24 heavy (non-hydrogen) atoms. The third-order valence-electron chi connectivity index (χ3n) is 4.07. The van der Waals surface area contributed by atoms with Crippen LogP contribution in [0.1, 0.15) is 30.5 Å². The van der Waals surface area contributed by atoms with Crippen LogP contribution in [-0.4, -0.2) is 9.49 Å². The molecule has 6 heteroatoms. The van der Waals surface area contributed by atoms with Crippen LogP contribution < -0.4 is 5.56 Å². The maximum absolute atomic E-state index is 12.5. The molecule has 0 atom stereocenters. The van der Waals surface area contributed by atoms with E-state index in [1.807, 2.05) is 26.0 Å². The summed E-state index contributed by atoms with van der Waals surface area (Å²) in [6.45, 7) is 4.08. The van der Waals surface area contributed by atoms with Gasteiger partial charge >= 0.3 is 11.2 Å². The molecule has 1 aliphatic carbocycles. The van der Waals surface area contributed by atoms with Gasteiger partial charge in [0.05, 0.1) is 22.3 Å². The zero-order valence-corrected chi connectivity index (χ0v) is 13.3. The molecule has 2 aromatic rings. The highest BCUT2D eigenvalue weighted by atomic mass is 16.6. The van der Waals surface area contributed by atoms with Gasteiger partial charge in [-0.15, -0.1) is 0 Å². The molecule has 0 N–H and O–H groups in total. The van der Waals surface area contributed by atoms with Gasteiger partial charge in [-0.25, -0.2) is 0 Å². The highest BCUT2D eigenvalue weighted by molar-refractivity contribution is 5.73. The van der Waals surface area contributed by atoms with Crippen molar-refractivity contribution in [2.75, 3.05) is 0 Å². The SMILES string of the molecule is CC1(C)C=C(n2cccc([N+](=O)[O-])c2=O)c2cc(C#N)ccc2C1. The van der Waals surface area contributed by atoms with E-state index in [1.54, 1.807) is 12.1 Å². The molecule has 120 valence electrons. The summed E-state index contributed by atoms with van der Waals surface area (Å²) < 4.78 is 1.29. The Balaban J connectivity index is 2.30. The van der Waals surface area contributed by atoms with E-state index in [2.05, 4.69) is 6.07 Å². The van der Waals surface area contributed by atoms with Crippen molar-refractivity contribution in [2.45, 2.75) is 20.3 Å². The normalized spacial score (nSPS) is 15.1. The number of nitriles is 1. The van der Waals surface area contributed by atoms with Crippen LogP contribution in [-0.2, 0) is 6.42 Å². The Morgan fingerprint density at radius 2 is 2.08 bits per heavy atom. The average Bonchev–Trinajstić information content (AvgIpc) is 2.53. The van der Waals surface area contributed by atoms with Crippen LogP contribution >= 0.6 is 0 Å². The van der Waals surface area contributed by atoms with Crippen LogP contribution in [0.25, 0.3) is 5.70 Å². The van der Waals surface area contributed by atoms with Gasteiger partial charge in [0.1, 0.15) is 0 Å². The number of pyridine rings is 1. The quantitative estimate of drug-likeness (QED) is 0.628. The standard InChI is InChI=1S/C18H15N3O3/c1-18(2)9-13-6-5-12(11-19)8-14(13)16(10-18)20-7-3-4-15(17(20)22)21(23)24/h3-8,10H,9H2,1-2H3. The van der Waals surface area contributed by atoms with Crippen LogP contribution in [0.3, 0.4) is 0 Å². The molecule has 0 bridgehead atoms. The summed E-state index contributed by atoms with van der Waals surface area (Å²) >= 11 is 0. The Bertz CT molecular complexity index is 978. The molecule has 1 heterocycles. The Hall–Kier alpha value is -3.20. The van der Waals surface area contributed by atoms with Gasteiger partial charge in [0.15, 0.2) is 0 Å². The van der Waals surface area contributed by atoms with Crippen LogP contribution in [0, 0.1) is 26.9 Å². The molecule has 0 spiro atoms. The largest absolute Gasteiger partial charge is 0.334 e. The van der Waals surface area contributed by atoms with Crippen molar-refractivity contribution in [3.05, 3.63) is 79.8 Å². The summed E-state index contributed by atoms with van der Waals surface area (Å²) in [5.41, 5.74) is 1.47. The Morgan fingerprint density at radius 1 is 1.33 bits per heavy atom. The second-order valence-electron chi connectivity index (χ2n) is 6.50. The molecule has 3 rings (SSSR count). The van der Waals surface area contributed by atoms with E-state index >= 15 is 0 Å². The number of allylic oxidation sites excluding steroid dienone is 1. The van der Waals surface area contributed by atoms with Gasteiger partial charge in [0.2, 0.25) is 0 Å². The van der Waals surface area contributed by atoms with E-state index in [4.69, 9.17) is 5.26 Å². The fraction of sp³-hybridized carbons (Fsp3) is 0.222.